The van der Waals surface area contributed by atoms with Crippen molar-refractivity contribution in [3.05, 3.63) is 77.6 Å². The molecule has 2 aromatic carbocycles. The van der Waals surface area contributed by atoms with E-state index >= 15 is 0 Å². The highest BCUT2D eigenvalue weighted by molar-refractivity contribution is 5.48. The number of hydrogen-bond acceptors (Lipinski definition) is 3. The summed E-state index contributed by atoms with van der Waals surface area (Å²) in [5.74, 6) is 0.399. The quantitative estimate of drug-likeness (QED) is 0.677. The molecule has 0 amide bonds. The van der Waals surface area contributed by atoms with Crippen molar-refractivity contribution in [3.8, 4) is 0 Å². The van der Waals surface area contributed by atoms with Gasteiger partial charge in [0.05, 0.1) is 12.7 Å². The van der Waals surface area contributed by atoms with Crippen LogP contribution in [0.5, 0.6) is 0 Å². The third-order valence-corrected chi connectivity index (χ3v) is 6.11. The van der Waals surface area contributed by atoms with Gasteiger partial charge in [0.15, 0.2) is 0 Å². The summed E-state index contributed by atoms with van der Waals surface area (Å²) < 4.78 is 19.3. The molecule has 0 aliphatic carbocycles. The molecule has 0 saturated carbocycles. The molecular weight excluding hydrogens is 363 g/mol. The fourth-order valence-electron chi connectivity index (χ4n) is 4.47. The van der Waals surface area contributed by atoms with Crippen LogP contribution in [0.3, 0.4) is 0 Å². The summed E-state index contributed by atoms with van der Waals surface area (Å²) >= 11 is 0. The number of nitrogens with zero attached hydrogens (tertiary/aromatic N) is 2. The van der Waals surface area contributed by atoms with E-state index in [1.54, 1.807) is 12.1 Å². The van der Waals surface area contributed by atoms with Crippen LogP contribution in [0.15, 0.2) is 60.7 Å². The Morgan fingerprint density at radius 2 is 1.66 bits per heavy atom. The minimum Gasteiger partial charge on any atom is -0.373 e. The van der Waals surface area contributed by atoms with Gasteiger partial charge in [-0.3, -0.25) is 0 Å². The average Bonchev–Trinajstić information content (AvgIpc) is 2.78. The Morgan fingerprint density at radius 3 is 2.41 bits per heavy atom. The van der Waals surface area contributed by atoms with Crippen LogP contribution in [-0.2, 0) is 4.74 Å². The molecule has 3 nitrogen and oxygen atoms in total. The van der Waals surface area contributed by atoms with Gasteiger partial charge < -0.3 is 4.74 Å². The fraction of sp³-hybridized carbons (Fsp3) is 0.440. The van der Waals surface area contributed by atoms with Crippen LogP contribution < -0.4 is 0 Å². The Bertz CT molecular complexity index is 769. The second kappa shape index (κ2) is 10.1. The summed E-state index contributed by atoms with van der Waals surface area (Å²) in [6, 6.07) is 17.4. The summed E-state index contributed by atoms with van der Waals surface area (Å²) in [6.45, 7) is 4.92. The average molecular weight is 395 g/mol. The topological polar surface area (TPSA) is 15.7 Å². The SMILES string of the molecule is Fc1ccc(C2CCN(N3CCCC(OC/C=C/c4ccccc4)C3)CC2)cc1. The summed E-state index contributed by atoms with van der Waals surface area (Å²) in [5, 5.41) is 5.01. The van der Waals surface area contributed by atoms with Crippen LogP contribution in [0.4, 0.5) is 4.39 Å². The molecule has 0 spiro atoms. The lowest BCUT2D eigenvalue weighted by molar-refractivity contribution is -0.0995. The smallest absolute Gasteiger partial charge is 0.123 e. The van der Waals surface area contributed by atoms with E-state index in [1.165, 1.54) is 17.5 Å². The van der Waals surface area contributed by atoms with Crippen LogP contribution in [0.25, 0.3) is 6.08 Å². The summed E-state index contributed by atoms with van der Waals surface area (Å²) in [7, 11) is 0. The molecule has 2 fully saturated rings. The van der Waals surface area contributed by atoms with Crippen LogP contribution in [-0.4, -0.2) is 48.9 Å². The Morgan fingerprint density at radius 1 is 0.897 bits per heavy atom. The lowest BCUT2D eigenvalue weighted by Gasteiger charge is -2.43. The molecule has 154 valence electrons. The lowest BCUT2D eigenvalue weighted by Crippen LogP contribution is -2.52. The summed E-state index contributed by atoms with van der Waals surface area (Å²) in [5.41, 5.74) is 2.49. The molecule has 29 heavy (non-hydrogen) atoms. The number of ether oxygens (including phenoxy) is 1. The third-order valence-electron chi connectivity index (χ3n) is 6.11. The summed E-state index contributed by atoms with van der Waals surface area (Å²) in [6.07, 6.45) is 9.13. The molecule has 4 rings (SSSR count). The van der Waals surface area contributed by atoms with Crippen molar-refractivity contribution < 1.29 is 9.13 Å². The molecule has 2 aliphatic heterocycles. The minimum absolute atomic E-state index is 0.149. The molecule has 4 heteroatoms. The second-order valence-corrected chi connectivity index (χ2v) is 8.10. The zero-order valence-electron chi connectivity index (χ0n) is 17.1. The molecule has 1 atom stereocenters. The van der Waals surface area contributed by atoms with Crippen LogP contribution in [0, 0.1) is 5.82 Å². The second-order valence-electron chi connectivity index (χ2n) is 8.10. The van der Waals surface area contributed by atoms with Crippen molar-refractivity contribution in [3.63, 3.8) is 0 Å². The molecular formula is C25H31FN2O. The van der Waals surface area contributed by atoms with Gasteiger partial charge in [-0.1, -0.05) is 54.6 Å². The molecule has 0 N–H and O–H groups in total. The highest BCUT2D eigenvalue weighted by atomic mass is 19.1. The van der Waals surface area contributed by atoms with Gasteiger partial charge in [-0.15, -0.1) is 0 Å². The lowest BCUT2D eigenvalue weighted by atomic mass is 9.90. The molecule has 2 heterocycles. The zero-order chi connectivity index (χ0) is 19.9. The van der Waals surface area contributed by atoms with Crippen molar-refractivity contribution in [1.29, 1.82) is 0 Å². The van der Waals surface area contributed by atoms with E-state index in [4.69, 9.17) is 4.74 Å². The van der Waals surface area contributed by atoms with Crippen molar-refractivity contribution in [2.75, 3.05) is 32.8 Å². The number of halogens is 1. The first-order chi connectivity index (χ1) is 14.3. The monoisotopic (exact) mass is 394 g/mol. The number of benzene rings is 2. The number of hydrogen-bond donors (Lipinski definition) is 0. The molecule has 0 bridgehead atoms. The number of rotatable bonds is 6. The Balaban J connectivity index is 1.22. The van der Waals surface area contributed by atoms with E-state index in [9.17, 15) is 4.39 Å². The maximum Gasteiger partial charge on any atom is 0.123 e. The van der Waals surface area contributed by atoms with E-state index in [1.807, 2.05) is 18.2 Å². The molecule has 1 unspecified atom stereocenters. The van der Waals surface area contributed by atoms with Crippen LogP contribution in [0.1, 0.15) is 42.7 Å². The largest absolute Gasteiger partial charge is 0.373 e. The van der Waals surface area contributed by atoms with Crippen molar-refractivity contribution in [2.24, 2.45) is 0 Å². The van der Waals surface area contributed by atoms with E-state index in [-0.39, 0.29) is 5.82 Å². The first-order valence-electron chi connectivity index (χ1n) is 10.9. The zero-order valence-corrected chi connectivity index (χ0v) is 17.1. The van der Waals surface area contributed by atoms with Crippen LogP contribution in [0.2, 0.25) is 0 Å². The maximum absolute atomic E-state index is 13.2. The predicted octanol–water partition coefficient (Wildman–Crippen LogP) is 5.11. The van der Waals surface area contributed by atoms with Crippen molar-refractivity contribution in [2.45, 2.75) is 37.7 Å². The van der Waals surface area contributed by atoms with Crippen molar-refractivity contribution >= 4 is 6.08 Å². The van der Waals surface area contributed by atoms with Gasteiger partial charge >= 0.3 is 0 Å². The number of piperidine rings is 2. The Kier molecular flexibility index (Phi) is 7.09. The minimum atomic E-state index is -0.149. The highest BCUT2D eigenvalue weighted by Gasteiger charge is 2.28. The third kappa shape index (κ3) is 5.75. The fourth-order valence-corrected chi connectivity index (χ4v) is 4.47. The highest BCUT2D eigenvalue weighted by Crippen LogP contribution is 2.29. The van der Waals surface area contributed by atoms with Gasteiger partial charge in [0.2, 0.25) is 0 Å². The molecule has 0 aromatic heterocycles. The van der Waals surface area contributed by atoms with E-state index < -0.39 is 0 Å². The molecule has 2 aromatic rings. The van der Waals surface area contributed by atoms with E-state index in [2.05, 4.69) is 46.4 Å². The van der Waals surface area contributed by atoms with E-state index in [0.717, 1.165) is 45.4 Å². The number of hydrazine groups is 1. The summed E-state index contributed by atoms with van der Waals surface area (Å²) in [4.78, 5) is 0. The van der Waals surface area contributed by atoms with E-state index in [0.29, 0.717) is 18.6 Å². The van der Waals surface area contributed by atoms with Gasteiger partial charge in [0.25, 0.3) is 0 Å². The van der Waals surface area contributed by atoms with Gasteiger partial charge in [0, 0.05) is 26.2 Å². The Hall–Kier alpha value is -2.01. The van der Waals surface area contributed by atoms with Crippen LogP contribution >= 0.6 is 0 Å². The van der Waals surface area contributed by atoms with Gasteiger partial charge in [0.1, 0.15) is 5.82 Å². The first-order valence-corrected chi connectivity index (χ1v) is 10.9. The van der Waals surface area contributed by atoms with Gasteiger partial charge in [-0.05, 0) is 54.9 Å². The standard InChI is InChI=1S/C25H31FN2O/c26-24-12-10-22(11-13-24)23-14-17-27(18-15-23)28-16-4-9-25(20-28)29-19-5-8-21-6-2-1-3-7-21/h1-3,5-8,10-13,23,25H,4,9,14-20H2/b8-5+. The maximum atomic E-state index is 13.2. The molecule has 0 radical (unpaired) electrons. The Labute approximate surface area is 173 Å². The predicted molar refractivity (Wildman–Crippen MR) is 116 cm³/mol. The van der Waals surface area contributed by atoms with Gasteiger partial charge in [-0.2, -0.15) is 0 Å². The van der Waals surface area contributed by atoms with Gasteiger partial charge in [-0.25, -0.2) is 14.4 Å². The normalized spacial score (nSPS) is 22.3. The molecule has 2 saturated heterocycles. The molecule has 2 aliphatic rings. The van der Waals surface area contributed by atoms with Crippen molar-refractivity contribution in [1.82, 2.24) is 10.0 Å². The first kappa shape index (κ1) is 20.3.